The average molecular weight is 300 g/mol. The van der Waals surface area contributed by atoms with Gasteiger partial charge in [0.1, 0.15) is 6.10 Å². The summed E-state index contributed by atoms with van der Waals surface area (Å²) in [6.07, 6.45) is -0.499. The van der Waals surface area contributed by atoms with Crippen LogP contribution in [0.15, 0.2) is 66.7 Å². The molecule has 3 heteroatoms. The Morgan fingerprint density at radius 3 is 2.09 bits per heavy atom. The molecule has 3 aromatic carbocycles. The van der Waals surface area contributed by atoms with Gasteiger partial charge in [-0.2, -0.15) is 0 Å². The van der Waals surface area contributed by atoms with Crippen LogP contribution in [0.1, 0.15) is 32.4 Å². The van der Waals surface area contributed by atoms with E-state index in [2.05, 4.69) is 0 Å². The van der Waals surface area contributed by atoms with Gasteiger partial charge >= 0.3 is 0 Å². The summed E-state index contributed by atoms with van der Waals surface area (Å²) >= 11 is 0. The molecule has 3 nitrogen and oxygen atoms in total. The average Bonchev–Trinajstić information content (AvgIpc) is 3.32. The fourth-order valence-corrected chi connectivity index (χ4v) is 3.64. The number of ketones is 2. The number of Topliss-reactive ketones (excluding diaryl/α,β-unsaturated/α-hetero) is 2. The van der Waals surface area contributed by atoms with Crippen LogP contribution >= 0.6 is 0 Å². The zero-order valence-corrected chi connectivity index (χ0v) is 12.2. The summed E-state index contributed by atoms with van der Waals surface area (Å²) in [5.74, 6) is -0.424. The first kappa shape index (κ1) is 12.7. The quantitative estimate of drug-likeness (QED) is 0.508. The van der Waals surface area contributed by atoms with Crippen LogP contribution in [-0.2, 0) is 4.74 Å². The highest BCUT2D eigenvalue weighted by Gasteiger charge is 2.72. The van der Waals surface area contributed by atoms with Crippen LogP contribution in [0.25, 0.3) is 10.8 Å². The van der Waals surface area contributed by atoms with E-state index < -0.39 is 11.7 Å². The molecule has 5 rings (SSSR count). The summed E-state index contributed by atoms with van der Waals surface area (Å²) in [5, 5.41) is 2.10. The van der Waals surface area contributed by atoms with Gasteiger partial charge in [0.2, 0.25) is 17.2 Å². The highest BCUT2D eigenvalue weighted by molar-refractivity contribution is 6.34. The molecule has 0 amide bonds. The third-order valence-electron chi connectivity index (χ3n) is 4.81. The van der Waals surface area contributed by atoms with Crippen LogP contribution in [0.5, 0.6) is 0 Å². The molecule has 1 fully saturated rings. The van der Waals surface area contributed by atoms with E-state index in [0.717, 1.165) is 16.3 Å². The number of rotatable bonds is 1. The predicted octanol–water partition coefficient (Wildman–Crippen LogP) is 3.73. The number of carbonyl (C=O) groups excluding carboxylic acids is 2. The topological polar surface area (TPSA) is 46.7 Å². The number of carbonyl (C=O) groups is 2. The van der Waals surface area contributed by atoms with Crippen molar-refractivity contribution in [3.63, 3.8) is 0 Å². The Balaban J connectivity index is 1.67. The van der Waals surface area contributed by atoms with Crippen molar-refractivity contribution < 1.29 is 14.3 Å². The van der Waals surface area contributed by atoms with Gasteiger partial charge in [-0.05, 0) is 16.3 Å². The number of benzene rings is 3. The fourth-order valence-electron chi connectivity index (χ4n) is 3.64. The summed E-state index contributed by atoms with van der Waals surface area (Å²) in [7, 11) is 0. The Morgan fingerprint density at radius 2 is 1.35 bits per heavy atom. The van der Waals surface area contributed by atoms with E-state index in [1.807, 2.05) is 42.5 Å². The first-order valence-electron chi connectivity index (χ1n) is 7.57. The fraction of sp³-hybridized carbons (Fsp3) is 0.100. The maximum Gasteiger partial charge on any atom is 0.224 e. The van der Waals surface area contributed by atoms with Crippen molar-refractivity contribution in [1.82, 2.24) is 0 Å². The monoisotopic (exact) mass is 300 g/mol. The lowest BCUT2D eigenvalue weighted by molar-refractivity contribution is 0.0785. The molecule has 0 unspecified atom stereocenters. The second-order valence-corrected chi connectivity index (χ2v) is 6.01. The van der Waals surface area contributed by atoms with Crippen molar-refractivity contribution in [3.05, 3.63) is 83.4 Å². The molecule has 1 aliphatic carbocycles. The molecule has 0 aromatic heterocycles. The number of hydrogen-bond donors (Lipinski definition) is 0. The highest BCUT2D eigenvalue weighted by Crippen LogP contribution is 2.57. The van der Waals surface area contributed by atoms with Gasteiger partial charge in [0.15, 0.2) is 0 Å². The lowest BCUT2D eigenvalue weighted by Crippen LogP contribution is -2.27. The van der Waals surface area contributed by atoms with Crippen molar-refractivity contribution in [1.29, 1.82) is 0 Å². The minimum atomic E-state index is -1.34. The molecule has 23 heavy (non-hydrogen) atoms. The van der Waals surface area contributed by atoms with Crippen LogP contribution in [0.2, 0.25) is 0 Å². The zero-order valence-electron chi connectivity index (χ0n) is 12.2. The molecule has 2 aliphatic rings. The summed E-state index contributed by atoms with van der Waals surface area (Å²) in [4.78, 5) is 25.5. The first-order valence-corrected chi connectivity index (χ1v) is 7.57. The van der Waals surface area contributed by atoms with E-state index in [0.29, 0.717) is 11.1 Å². The summed E-state index contributed by atoms with van der Waals surface area (Å²) < 4.78 is 5.77. The van der Waals surface area contributed by atoms with Gasteiger partial charge in [-0.15, -0.1) is 0 Å². The van der Waals surface area contributed by atoms with Crippen molar-refractivity contribution in [2.45, 2.75) is 11.7 Å². The van der Waals surface area contributed by atoms with E-state index in [-0.39, 0.29) is 11.6 Å². The van der Waals surface area contributed by atoms with E-state index in [1.54, 1.807) is 24.3 Å². The van der Waals surface area contributed by atoms with E-state index in [1.165, 1.54) is 0 Å². The second-order valence-electron chi connectivity index (χ2n) is 6.01. The smallest absolute Gasteiger partial charge is 0.224 e. The van der Waals surface area contributed by atoms with Gasteiger partial charge in [-0.25, -0.2) is 0 Å². The lowest BCUT2D eigenvalue weighted by atomic mass is 9.92. The molecule has 1 spiro atoms. The Hall–Kier alpha value is -2.78. The van der Waals surface area contributed by atoms with Crippen molar-refractivity contribution in [2.24, 2.45) is 0 Å². The predicted molar refractivity (Wildman–Crippen MR) is 85.6 cm³/mol. The zero-order chi connectivity index (χ0) is 15.6. The Labute approximate surface area is 132 Å². The van der Waals surface area contributed by atoms with Crippen LogP contribution in [0.3, 0.4) is 0 Å². The normalized spacial score (nSPS) is 21.0. The van der Waals surface area contributed by atoms with Gasteiger partial charge in [0.05, 0.1) is 0 Å². The molecule has 1 atom stereocenters. The number of hydrogen-bond acceptors (Lipinski definition) is 3. The number of epoxide rings is 1. The maximum atomic E-state index is 12.8. The van der Waals surface area contributed by atoms with Gasteiger partial charge in [-0.1, -0.05) is 66.7 Å². The first-order chi connectivity index (χ1) is 11.2. The molecule has 0 bridgehead atoms. The maximum absolute atomic E-state index is 12.8. The summed E-state index contributed by atoms with van der Waals surface area (Å²) in [6.45, 7) is 0. The van der Waals surface area contributed by atoms with Crippen LogP contribution in [0.4, 0.5) is 0 Å². The van der Waals surface area contributed by atoms with E-state index in [4.69, 9.17) is 4.74 Å². The molecule has 0 saturated carbocycles. The van der Waals surface area contributed by atoms with Crippen LogP contribution in [0, 0.1) is 0 Å². The largest absolute Gasteiger partial charge is 0.344 e. The molecule has 3 aromatic rings. The van der Waals surface area contributed by atoms with E-state index >= 15 is 0 Å². The molecule has 110 valence electrons. The van der Waals surface area contributed by atoms with Gasteiger partial charge in [0.25, 0.3) is 0 Å². The van der Waals surface area contributed by atoms with Crippen LogP contribution < -0.4 is 0 Å². The lowest BCUT2D eigenvalue weighted by Gasteiger charge is -2.05. The summed E-state index contributed by atoms with van der Waals surface area (Å²) in [5.41, 5.74) is 0.506. The third-order valence-corrected chi connectivity index (χ3v) is 4.81. The molecule has 1 saturated heterocycles. The summed E-state index contributed by atoms with van der Waals surface area (Å²) in [6, 6.07) is 20.8. The van der Waals surface area contributed by atoms with E-state index in [9.17, 15) is 9.59 Å². The minimum absolute atomic E-state index is 0.212. The molecular weight excluding hydrogens is 288 g/mol. The molecule has 0 radical (unpaired) electrons. The number of ether oxygens (including phenoxy) is 1. The molecule has 1 aliphatic heterocycles. The third kappa shape index (κ3) is 1.47. The number of fused-ring (bicyclic) bond motifs is 2. The van der Waals surface area contributed by atoms with Gasteiger partial charge in [-0.3, -0.25) is 9.59 Å². The minimum Gasteiger partial charge on any atom is -0.344 e. The Morgan fingerprint density at radius 1 is 0.739 bits per heavy atom. The molecule has 0 N–H and O–H groups in total. The van der Waals surface area contributed by atoms with Crippen LogP contribution in [-0.4, -0.2) is 17.2 Å². The molecule has 1 heterocycles. The van der Waals surface area contributed by atoms with Gasteiger partial charge in [0, 0.05) is 11.1 Å². The SMILES string of the molecule is O=C1c2ccccc2C(=O)C12O[C@@H]2c1cccc2ccccc12. The Bertz CT molecular complexity index is 962. The van der Waals surface area contributed by atoms with Crippen molar-refractivity contribution in [3.8, 4) is 0 Å². The highest BCUT2D eigenvalue weighted by atomic mass is 16.6. The van der Waals surface area contributed by atoms with Gasteiger partial charge < -0.3 is 4.74 Å². The standard InChI is InChI=1S/C20H12O3/c21-17-14-9-3-4-10-15(14)18(22)20(17)19(23-20)16-11-5-7-12-6-1-2-8-13(12)16/h1-11,19H/t19-/m1/s1. The second kappa shape index (κ2) is 4.15. The Kier molecular flexibility index (Phi) is 2.30. The van der Waals surface area contributed by atoms with Crippen molar-refractivity contribution in [2.75, 3.05) is 0 Å². The molecular formula is C20H12O3. The van der Waals surface area contributed by atoms with Crippen molar-refractivity contribution >= 4 is 22.3 Å².